The lowest BCUT2D eigenvalue weighted by Gasteiger charge is -2.26. The molecule has 0 aromatic heterocycles. The van der Waals surface area contributed by atoms with Crippen LogP contribution in [0.3, 0.4) is 0 Å². The van der Waals surface area contributed by atoms with E-state index in [0.717, 1.165) is 5.56 Å². The van der Waals surface area contributed by atoms with Gasteiger partial charge in [0.1, 0.15) is 0 Å². The lowest BCUT2D eigenvalue weighted by molar-refractivity contribution is -0.124. The molecule has 0 aliphatic carbocycles. The molecular formula is C20H26N2O. The molecule has 0 saturated carbocycles. The highest BCUT2D eigenvalue weighted by molar-refractivity contribution is 5.82. The fraction of sp³-hybridized carbons (Fsp3) is 0.350. The van der Waals surface area contributed by atoms with E-state index < -0.39 is 0 Å². The van der Waals surface area contributed by atoms with E-state index in [2.05, 4.69) is 34.9 Å². The van der Waals surface area contributed by atoms with Crippen LogP contribution >= 0.6 is 0 Å². The first-order valence-corrected chi connectivity index (χ1v) is 8.07. The molecule has 0 bridgehead atoms. The van der Waals surface area contributed by atoms with Crippen LogP contribution in [0.1, 0.15) is 31.9 Å². The summed E-state index contributed by atoms with van der Waals surface area (Å²) in [5.74, 6) is 0.0392. The maximum atomic E-state index is 12.6. The van der Waals surface area contributed by atoms with Gasteiger partial charge in [0.25, 0.3) is 0 Å². The molecule has 2 aromatic carbocycles. The predicted molar refractivity (Wildman–Crippen MR) is 95.1 cm³/mol. The molecule has 3 nitrogen and oxygen atoms in total. The normalized spacial score (nSPS) is 12.7. The summed E-state index contributed by atoms with van der Waals surface area (Å²) >= 11 is 0. The molecule has 0 aliphatic heterocycles. The summed E-state index contributed by atoms with van der Waals surface area (Å²) in [6, 6.07) is 20.0. The van der Waals surface area contributed by atoms with Crippen LogP contribution in [0.4, 0.5) is 0 Å². The smallest absolute Gasteiger partial charge is 0.237 e. The van der Waals surface area contributed by atoms with Gasteiger partial charge in [-0.3, -0.25) is 4.79 Å². The molecule has 2 rings (SSSR count). The number of benzene rings is 2. The van der Waals surface area contributed by atoms with Gasteiger partial charge >= 0.3 is 0 Å². The molecule has 2 N–H and O–H groups in total. The summed E-state index contributed by atoms with van der Waals surface area (Å²) in [6.07, 6.45) is 0.676. The molecule has 2 aromatic rings. The molecule has 0 aliphatic rings. The Morgan fingerprint density at radius 2 is 1.43 bits per heavy atom. The van der Waals surface area contributed by atoms with Crippen molar-refractivity contribution in [3.05, 3.63) is 71.8 Å². The van der Waals surface area contributed by atoms with Gasteiger partial charge in [0.05, 0.1) is 6.04 Å². The van der Waals surface area contributed by atoms with Gasteiger partial charge in [-0.2, -0.15) is 0 Å². The van der Waals surface area contributed by atoms with Gasteiger partial charge in [0, 0.05) is 12.1 Å². The zero-order valence-electron chi connectivity index (χ0n) is 14.2. The van der Waals surface area contributed by atoms with Gasteiger partial charge < -0.3 is 10.6 Å². The molecule has 0 saturated heterocycles. The van der Waals surface area contributed by atoms with Crippen LogP contribution < -0.4 is 10.6 Å². The van der Waals surface area contributed by atoms with E-state index >= 15 is 0 Å². The third-order valence-electron chi connectivity index (χ3n) is 3.49. The Hall–Kier alpha value is -2.13. The van der Waals surface area contributed by atoms with Crippen molar-refractivity contribution in [3.8, 4) is 0 Å². The quantitative estimate of drug-likeness (QED) is 0.859. The second-order valence-corrected chi connectivity index (χ2v) is 6.85. The van der Waals surface area contributed by atoms with Gasteiger partial charge in [-0.05, 0) is 38.3 Å². The maximum Gasteiger partial charge on any atom is 0.237 e. The minimum atomic E-state index is -0.253. The zero-order valence-corrected chi connectivity index (χ0v) is 14.2. The van der Waals surface area contributed by atoms with Gasteiger partial charge in [-0.25, -0.2) is 0 Å². The highest BCUT2D eigenvalue weighted by Gasteiger charge is 2.22. The number of rotatable bonds is 6. The highest BCUT2D eigenvalue weighted by Crippen LogP contribution is 2.07. The fourth-order valence-electron chi connectivity index (χ4n) is 2.40. The molecule has 23 heavy (non-hydrogen) atoms. The SMILES string of the molecule is CC(C)(C)NC(=O)C(Cc1ccccc1)NCc1ccccc1. The number of amides is 1. The Morgan fingerprint density at radius 3 is 1.96 bits per heavy atom. The van der Waals surface area contributed by atoms with Crippen molar-refractivity contribution in [2.45, 2.75) is 45.3 Å². The highest BCUT2D eigenvalue weighted by atomic mass is 16.2. The number of carbonyl (C=O) groups is 1. The first-order chi connectivity index (χ1) is 10.9. The summed E-state index contributed by atoms with van der Waals surface area (Å²) < 4.78 is 0. The number of hydrogen-bond donors (Lipinski definition) is 2. The van der Waals surface area contributed by atoms with Crippen LogP contribution in [0.15, 0.2) is 60.7 Å². The Balaban J connectivity index is 2.05. The first-order valence-electron chi connectivity index (χ1n) is 8.07. The largest absolute Gasteiger partial charge is 0.350 e. The number of nitrogens with one attached hydrogen (secondary N) is 2. The van der Waals surface area contributed by atoms with Crippen molar-refractivity contribution in [1.29, 1.82) is 0 Å². The van der Waals surface area contributed by atoms with Crippen LogP contribution in [0, 0.1) is 0 Å². The van der Waals surface area contributed by atoms with E-state index in [1.807, 2.05) is 57.2 Å². The van der Waals surface area contributed by atoms with E-state index in [-0.39, 0.29) is 17.5 Å². The number of hydrogen-bond acceptors (Lipinski definition) is 2. The van der Waals surface area contributed by atoms with Gasteiger partial charge in [0.2, 0.25) is 5.91 Å². The maximum absolute atomic E-state index is 12.6. The molecule has 0 spiro atoms. The molecule has 122 valence electrons. The molecule has 3 heteroatoms. The van der Waals surface area contributed by atoms with Crippen LogP contribution in [-0.4, -0.2) is 17.5 Å². The van der Waals surface area contributed by atoms with Gasteiger partial charge in [-0.1, -0.05) is 60.7 Å². The topological polar surface area (TPSA) is 41.1 Å². The van der Waals surface area contributed by atoms with Gasteiger partial charge in [-0.15, -0.1) is 0 Å². The van der Waals surface area contributed by atoms with Crippen molar-refractivity contribution in [1.82, 2.24) is 10.6 Å². The minimum Gasteiger partial charge on any atom is -0.350 e. The van der Waals surface area contributed by atoms with Crippen LogP contribution in [-0.2, 0) is 17.8 Å². The lowest BCUT2D eigenvalue weighted by atomic mass is 10.0. The lowest BCUT2D eigenvalue weighted by Crippen LogP contribution is -2.51. The van der Waals surface area contributed by atoms with Gasteiger partial charge in [0.15, 0.2) is 0 Å². The Bertz CT molecular complexity index is 603. The van der Waals surface area contributed by atoms with E-state index in [9.17, 15) is 4.79 Å². The monoisotopic (exact) mass is 310 g/mol. The van der Waals surface area contributed by atoms with E-state index in [0.29, 0.717) is 13.0 Å². The van der Waals surface area contributed by atoms with Crippen molar-refractivity contribution in [2.24, 2.45) is 0 Å². The molecule has 1 atom stereocenters. The molecule has 1 unspecified atom stereocenters. The second kappa shape index (κ2) is 7.93. The summed E-state index contributed by atoms with van der Waals surface area (Å²) in [4.78, 5) is 12.6. The van der Waals surface area contributed by atoms with E-state index in [1.165, 1.54) is 5.56 Å². The van der Waals surface area contributed by atoms with Crippen molar-refractivity contribution < 1.29 is 4.79 Å². The average molecular weight is 310 g/mol. The second-order valence-electron chi connectivity index (χ2n) is 6.85. The van der Waals surface area contributed by atoms with Crippen LogP contribution in [0.2, 0.25) is 0 Å². The van der Waals surface area contributed by atoms with Crippen molar-refractivity contribution >= 4 is 5.91 Å². The summed E-state index contributed by atoms with van der Waals surface area (Å²) in [7, 11) is 0. The summed E-state index contributed by atoms with van der Waals surface area (Å²) in [5, 5.41) is 6.47. The molecule has 0 heterocycles. The summed E-state index contributed by atoms with van der Waals surface area (Å²) in [5.41, 5.74) is 2.09. The first kappa shape index (κ1) is 17.2. The molecule has 0 radical (unpaired) electrons. The molecule has 0 fully saturated rings. The third kappa shape index (κ3) is 6.25. The Labute approximate surface area is 139 Å². The standard InChI is InChI=1S/C20H26N2O/c1-20(2,3)22-19(23)18(14-16-10-6-4-7-11-16)21-15-17-12-8-5-9-13-17/h4-13,18,21H,14-15H2,1-3H3,(H,22,23). The van der Waals surface area contributed by atoms with Crippen molar-refractivity contribution in [3.63, 3.8) is 0 Å². The Morgan fingerprint density at radius 1 is 0.913 bits per heavy atom. The zero-order chi connectivity index (χ0) is 16.7. The molecular weight excluding hydrogens is 284 g/mol. The third-order valence-corrected chi connectivity index (χ3v) is 3.49. The summed E-state index contributed by atoms with van der Waals surface area (Å²) in [6.45, 7) is 6.68. The van der Waals surface area contributed by atoms with Crippen LogP contribution in [0.25, 0.3) is 0 Å². The average Bonchev–Trinajstić information content (AvgIpc) is 2.51. The van der Waals surface area contributed by atoms with E-state index in [1.54, 1.807) is 0 Å². The molecule has 1 amide bonds. The Kier molecular flexibility index (Phi) is 5.94. The van der Waals surface area contributed by atoms with E-state index in [4.69, 9.17) is 0 Å². The predicted octanol–water partition coefficient (Wildman–Crippen LogP) is 3.30. The fourth-order valence-corrected chi connectivity index (χ4v) is 2.40. The van der Waals surface area contributed by atoms with Crippen molar-refractivity contribution in [2.75, 3.05) is 0 Å². The van der Waals surface area contributed by atoms with Crippen LogP contribution in [0.5, 0.6) is 0 Å². The number of carbonyl (C=O) groups excluding carboxylic acids is 1. The minimum absolute atomic E-state index is 0.0392.